The van der Waals surface area contributed by atoms with E-state index in [0.717, 1.165) is 28.3 Å². The molecular formula is C68H46N2. The Bertz CT molecular complexity index is 3990. The molecule has 0 amide bonds. The molecule has 0 bridgehead atoms. The van der Waals surface area contributed by atoms with E-state index in [2.05, 4.69) is 289 Å². The number of hydrogen-bond donors (Lipinski definition) is 0. The first-order valence-corrected chi connectivity index (χ1v) is 24.1. The average Bonchev–Trinajstić information content (AvgIpc) is 3.78. The monoisotopic (exact) mass is 890 g/mol. The van der Waals surface area contributed by atoms with Gasteiger partial charge in [0.25, 0.3) is 0 Å². The van der Waals surface area contributed by atoms with Crippen molar-refractivity contribution in [1.82, 2.24) is 4.57 Å². The lowest BCUT2D eigenvalue weighted by atomic mass is 9.87. The van der Waals surface area contributed by atoms with Crippen LogP contribution in [0.3, 0.4) is 0 Å². The second-order valence-electron chi connectivity index (χ2n) is 18.1. The lowest BCUT2D eigenvalue weighted by molar-refractivity contribution is 1.18. The predicted molar refractivity (Wildman–Crippen MR) is 298 cm³/mol. The molecule has 0 aliphatic carbocycles. The van der Waals surface area contributed by atoms with Crippen LogP contribution in [0.5, 0.6) is 0 Å². The van der Waals surface area contributed by atoms with E-state index in [0.29, 0.717) is 0 Å². The molecule has 0 unspecified atom stereocenters. The topological polar surface area (TPSA) is 8.17 Å². The molecule has 2 nitrogen and oxygen atoms in total. The van der Waals surface area contributed by atoms with Crippen molar-refractivity contribution in [2.45, 2.75) is 0 Å². The van der Waals surface area contributed by atoms with E-state index in [1.165, 1.54) is 93.4 Å². The van der Waals surface area contributed by atoms with Crippen molar-refractivity contribution in [3.63, 3.8) is 0 Å². The Morgan fingerprint density at radius 2 is 0.657 bits per heavy atom. The zero-order chi connectivity index (χ0) is 46.4. The first kappa shape index (κ1) is 41.0. The van der Waals surface area contributed by atoms with Crippen LogP contribution in [0.25, 0.3) is 105 Å². The summed E-state index contributed by atoms with van der Waals surface area (Å²) in [5.74, 6) is 0. The summed E-state index contributed by atoms with van der Waals surface area (Å²) in [6.07, 6.45) is 0. The van der Waals surface area contributed by atoms with Gasteiger partial charge in [-0.1, -0.05) is 218 Å². The van der Waals surface area contributed by atoms with E-state index in [9.17, 15) is 0 Å². The van der Waals surface area contributed by atoms with Gasteiger partial charge in [-0.15, -0.1) is 0 Å². The number of rotatable bonds is 9. The van der Waals surface area contributed by atoms with Crippen molar-refractivity contribution >= 4 is 60.4 Å². The second kappa shape index (κ2) is 17.4. The largest absolute Gasteiger partial charge is 0.309 e. The summed E-state index contributed by atoms with van der Waals surface area (Å²) in [6, 6.07) is 102. The van der Waals surface area contributed by atoms with Gasteiger partial charge in [0.05, 0.1) is 16.7 Å². The molecule has 0 atom stereocenters. The minimum Gasteiger partial charge on any atom is -0.309 e. The van der Waals surface area contributed by atoms with Gasteiger partial charge < -0.3 is 9.47 Å². The van der Waals surface area contributed by atoms with E-state index in [4.69, 9.17) is 0 Å². The van der Waals surface area contributed by atoms with Crippen molar-refractivity contribution in [3.05, 3.63) is 279 Å². The number of aromatic nitrogens is 1. The molecule has 0 aliphatic heterocycles. The Labute approximate surface area is 408 Å². The van der Waals surface area contributed by atoms with Gasteiger partial charge >= 0.3 is 0 Å². The number of fused-ring (bicyclic) bond motifs is 5. The summed E-state index contributed by atoms with van der Waals surface area (Å²) in [4.78, 5) is 2.50. The van der Waals surface area contributed by atoms with Crippen LogP contribution in [0.15, 0.2) is 279 Å². The Hall–Kier alpha value is -9.24. The van der Waals surface area contributed by atoms with Crippen molar-refractivity contribution in [3.8, 4) is 61.3 Å². The number of hydrogen-bond acceptors (Lipinski definition) is 1. The Balaban J connectivity index is 1.09. The number of benzene rings is 12. The van der Waals surface area contributed by atoms with Crippen molar-refractivity contribution in [2.75, 3.05) is 4.90 Å². The van der Waals surface area contributed by atoms with Gasteiger partial charge in [0.1, 0.15) is 0 Å². The van der Waals surface area contributed by atoms with Crippen molar-refractivity contribution < 1.29 is 0 Å². The number of para-hydroxylation sites is 3. The molecule has 0 radical (unpaired) electrons. The summed E-state index contributed by atoms with van der Waals surface area (Å²) < 4.78 is 2.39. The number of nitrogens with zero attached hydrogens (tertiary/aromatic N) is 2. The Morgan fingerprint density at radius 1 is 0.229 bits per heavy atom. The number of anilines is 3. The third-order valence-electron chi connectivity index (χ3n) is 14.0. The molecule has 2 heteroatoms. The van der Waals surface area contributed by atoms with Gasteiger partial charge in [0.15, 0.2) is 0 Å². The van der Waals surface area contributed by atoms with Crippen molar-refractivity contribution in [1.29, 1.82) is 0 Å². The Morgan fingerprint density at radius 3 is 1.24 bits per heavy atom. The molecule has 0 N–H and O–H groups in total. The van der Waals surface area contributed by atoms with Gasteiger partial charge in [0.2, 0.25) is 0 Å². The van der Waals surface area contributed by atoms with E-state index in [-0.39, 0.29) is 0 Å². The molecule has 328 valence electrons. The molecule has 0 fully saturated rings. The average molecular weight is 891 g/mol. The molecule has 13 rings (SSSR count). The van der Waals surface area contributed by atoms with E-state index in [1.807, 2.05) is 0 Å². The maximum atomic E-state index is 2.50. The van der Waals surface area contributed by atoms with Gasteiger partial charge in [-0.25, -0.2) is 0 Å². The van der Waals surface area contributed by atoms with Gasteiger partial charge in [-0.05, 0) is 127 Å². The third-order valence-corrected chi connectivity index (χ3v) is 14.0. The normalized spacial score (nSPS) is 11.4. The van der Waals surface area contributed by atoms with Crippen LogP contribution in [0.1, 0.15) is 0 Å². The van der Waals surface area contributed by atoms with Crippen LogP contribution in [0.4, 0.5) is 17.1 Å². The van der Waals surface area contributed by atoms with Crippen LogP contribution >= 0.6 is 0 Å². The quantitative estimate of drug-likeness (QED) is 0.131. The summed E-state index contributed by atoms with van der Waals surface area (Å²) in [7, 11) is 0. The molecule has 13 aromatic rings. The maximum Gasteiger partial charge on any atom is 0.0619 e. The van der Waals surface area contributed by atoms with Crippen molar-refractivity contribution in [2.24, 2.45) is 0 Å². The van der Waals surface area contributed by atoms with Gasteiger partial charge in [-0.2, -0.15) is 0 Å². The zero-order valence-corrected chi connectivity index (χ0v) is 38.5. The first-order chi connectivity index (χ1) is 34.7. The van der Waals surface area contributed by atoms with E-state index < -0.39 is 0 Å². The molecule has 0 aliphatic rings. The lowest BCUT2D eigenvalue weighted by Gasteiger charge is -2.30. The maximum absolute atomic E-state index is 2.50. The predicted octanol–water partition coefficient (Wildman–Crippen LogP) is 18.9. The van der Waals surface area contributed by atoms with Crippen LogP contribution in [-0.4, -0.2) is 4.57 Å². The highest BCUT2D eigenvalue weighted by atomic mass is 15.1. The minimum absolute atomic E-state index is 1.09. The first-order valence-electron chi connectivity index (χ1n) is 24.1. The fourth-order valence-corrected chi connectivity index (χ4v) is 10.6. The summed E-state index contributed by atoms with van der Waals surface area (Å²) in [5, 5.41) is 7.15. The van der Waals surface area contributed by atoms with Gasteiger partial charge in [-0.3, -0.25) is 0 Å². The highest BCUT2D eigenvalue weighted by molar-refractivity contribution is 6.24. The third kappa shape index (κ3) is 7.22. The fraction of sp³-hybridized carbons (Fsp3) is 0. The highest BCUT2D eigenvalue weighted by Crippen LogP contribution is 2.50. The minimum atomic E-state index is 1.09. The van der Waals surface area contributed by atoms with E-state index >= 15 is 0 Å². The zero-order valence-electron chi connectivity index (χ0n) is 38.5. The van der Waals surface area contributed by atoms with Gasteiger partial charge in [0, 0.05) is 38.6 Å². The SMILES string of the molecule is c1ccc(-c2ccc(-c3ccc4c(N(c5ccccc5)c5ccc6c(c5)c5ccccc5n6-c5ccccc5)c5cc(-c6ccc(-c7ccccc7)cc6)ccc5c(-c5ccccc5)c4c3)cc2)cc1. The molecular weight excluding hydrogens is 845 g/mol. The molecule has 70 heavy (non-hydrogen) atoms. The van der Waals surface area contributed by atoms with E-state index in [1.54, 1.807) is 0 Å². The van der Waals surface area contributed by atoms with Crippen LogP contribution in [0, 0.1) is 0 Å². The summed E-state index contributed by atoms with van der Waals surface area (Å²) >= 11 is 0. The van der Waals surface area contributed by atoms with Crippen LogP contribution in [-0.2, 0) is 0 Å². The fourth-order valence-electron chi connectivity index (χ4n) is 10.6. The van der Waals surface area contributed by atoms with Crippen LogP contribution in [0.2, 0.25) is 0 Å². The Kier molecular flexibility index (Phi) is 10.2. The molecule has 12 aromatic carbocycles. The molecule has 1 aromatic heterocycles. The van der Waals surface area contributed by atoms with Crippen LogP contribution < -0.4 is 4.90 Å². The second-order valence-corrected chi connectivity index (χ2v) is 18.1. The smallest absolute Gasteiger partial charge is 0.0619 e. The molecule has 1 heterocycles. The highest BCUT2D eigenvalue weighted by Gasteiger charge is 2.25. The molecule has 0 saturated heterocycles. The standard InChI is InChI=1S/C68H46N2/c1-6-18-47(19-7-1)49-30-34-51(35-31-49)54-39-42-61-63(44-54)67(53-22-10-3-11-23-53)60-41-38-55(52-36-32-50(33-37-52)48-20-8-2-9-21-48)45-64(60)68(61)69(56-24-12-4-13-25-56)58-40-43-66-62(46-58)59-28-16-17-29-65(59)70(66)57-26-14-5-15-27-57/h1-46H. The summed E-state index contributed by atoms with van der Waals surface area (Å²) in [6.45, 7) is 0. The molecule has 0 saturated carbocycles. The lowest BCUT2D eigenvalue weighted by Crippen LogP contribution is -2.11. The molecule has 0 spiro atoms. The summed E-state index contributed by atoms with van der Waals surface area (Å²) in [5.41, 5.74) is 18.7.